The van der Waals surface area contributed by atoms with E-state index in [1.807, 2.05) is 0 Å². The van der Waals surface area contributed by atoms with Crippen LogP contribution in [0.2, 0.25) is 0 Å². The van der Waals surface area contributed by atoms with E-state index in [-0.39, 0.29) is 11.9 Å². The molecule has 1 saturated heterocycles. The molecular weight excluding hydrogens is 176 g/mol. The van der Waals surface area contributed by atoms with Gasteiger partial charge in [0.1, 0.15) is 6.04 Å². The molecule has 1 aliphatic heterocycles. The summed E-state index contributed by atoms with van der Waals surface area (Å²) in [6.45, 7) is 4.94. The van der Waals surface area contributed by atoms with Gasteiger partial charge >= 0.3 is 0 Å². The van der Waals surface area contributed by atoms with Gasteiger partial charge in [0.2, 0.25) is 5.91 Å². The van der Waals surface area contributed by atoms with Crippen molar-refractivity contribution in [1.29, 1.82) is 5.26 Å². The van der Waals surface area contributed by atoms with Crippen molar-refractivity contribution in [3.05, 3.63) is 0 Å². The number of amides is 1. The van der Waals surface area contributed by atoms with Gasteiger partial charge in [0, 0.05) is 13.0 Å². The van der Waals surface area contributed by atoms with E-state index >= 15 is 0 Å². The SMILES string of the molecule is CCC(CC)C(C#N)N1CCCC1=O. The van der Waals surface area contributed by atoms with Crippen molar-refractivity contribution in [2.45, 2.75) is 45.6 Å². The molecule has 0 N–H and O–H groups in total. The molecule has 1 amide bonds. The van der Waals surface area contributed by atoms with Crippen LogP contribution in [0.1, 0.15) is 39.5 Å². The Bertz CT molecular complexity index is 240. The molecule has 1 heterocycles. The van der Waals surface area contributed by atoms with Crippen LogP contribution < -0.4 is 0 Å². The molecular formula is C11H18N2O. The Kier molecular flexibility index (Phi) is 3.94. The second kappa shape index (κ2) is 4.99. The average molecular weight is 194 g/mol. The molecule has 0 spiro atoms. The molecule has 3 nitrogen and oxygen atoms in total. The number of hydrogen-bond acceptors (Lipinski definition) is 2. The number of nitrogens with zero attached hydrogens (tertiary/aromatic N) is 2. The number of hydrogen-bond donors (Lipinski definition) is 0. The first kappa shape index (κ1) is 11.0. The van der Waals surface area contributed by atoms with E-state index in [4.69, 9.17) is 5.26 Å². The van der Waals surface area contributed by atoms with Gasteiger partial charge in [-0.15, -0.1) is 0 Å². The van der Waals surface area contributed by atoms with Gasteiger partial charge in [-0.3, -0.25) is 4.79 Å². The highest BCUT2D eigenvalue weighted by atomic mass is 16.2. The highest BCUT2D eigenvalue weighted by Crippen LogP contribution is 2.22. The predicted octanol–water partition coefficient (Wildman–Crippen LogP) is 1.94. The van der Waals surface area contributed by atoms with Crippen LogP contribution in [-0.4, -0.2) is 23.4 Å². The highest BCUT2D eigenvalue weighted by molar-refractivity contribution is 5.78. The van der Waals surface area contributed by atoms with Gasteiger partial charge in [-0.2, -0.15) is 5.26 Å². The molecule has 1 fully saturated rings. The van der Waals surface area contributed by atoms with Gasteiger partial charge in [0.05, 0.1) is 6.07 Å². The van der Waals surface area contributed by atoms with Crippen molar-refractivity contribution in [1.82, 2.24) is 4.90 Å². The average Bonchev–Trinajstić information content (AvgIpc) is 2.61. The van der Waals surface area contributed by atoms with Crippen molar-refractivity contribution in [3.8, 4) is 6.07 Å². The van der Waals surface area contributed by atoms with Crippen LogP contribution in [0.4, 0.5) is 0 Å². The van der Waals surface area contributed by atoms with Crippen molar-refractivity contribution >= 4 is 5.91 Å². The van der Waals surface area contributed by atoms with Crippen LogP contribution in [-0.2, 0) is 4.79 Å². The summed E-state index contributed by atoms with van der Waals surface area (Å²) in [4.78, 5) is 13.2. The van der Waals surface area contributed by atoms with Gasteiger partial charge in [-0.25, -0.2) is 0 Å². The van der Waals surface area contributed by atoms with Gasteiger partial charge in [-0.1, -0.05) is 26.7 Å². The van der Waals surface area contributed by atoms with Crippen LogP contribution in [0.25, 0.3) is 0 Å². The van der Waals surface area contributed by atoms with Crippen molar-refractivity contribution in [2.75, 3.05) is 6.54 Å². The lowest BCUT2D eigenvalue weighted by molar-refractivity contribution is -0.129. The molecule has 0 saturated carbocycles. The number of rotatable bonds is 4. The third-order valence-corrected chi connectivity index (χ3v) is 3.07. The molecule has 1 aliphatic rings. The quantitative estimate of drug-likeness (QED) is 0.686. The van der Waals surface area contributed by atoms with E-state index < -0.39 is 0 Å². The maximum Gasteiger partial charge on any atom is 0.223 e. The standard InChI is InChI=1S/C11H18N2O/c1-3-9(4-2)10(8-12)13-7-5-6-11(13)14/h9-10H,3-7H2,1-2H3. The Hall–Kier alpha value is -1.04. The molecule has 78 valence electrons. The fraction of sp³-hybridized carbons (Fsp3) is 0.818. The van der Waals surface area contributed by atoms with Crippen molar-refractivity contribution in [2.24, 2.45) is 5.92 Å². The van der Waals surface area contributed by atoms with Crippen LogP contribution >= 0.6 is 0 Å². The smallest absolute Gasteiger partial charge is 0.223 e. The van der Waals surface area contributed by atoms with E-state index in [9.17, 15) is 4.79 Å². The first-order chi connectivity index (χ1) is 6.74. The third-order valence-electron chi connectivity index (χ3n) is 3.07. The maximum atomic E-state index is 11.5. The third kappa shape index (κ3) is 2.06. The second-order valence-corrected chi connectivity index (χ2v) is 3.84. The summed E-state index contributed by atoms with van der Waals surface area (Å²) in [5, 5.41) is 9.09. The first-order valence-electron chi connectivity index (χ1n) is 5.43. The molecule has 14 heavy (non-hydrogen) atoms. The summed E-state index contributed by atoms with van der Waals surface area (Å²) in [6, 6.07) is 2.09. The molecule has 1 unspecified atom stereocenters. The first-order valence-corrected chi connectivity index (χ1v) is 5.43. The summed E-state index contributed by atoms with van der Waals surface area (Å²) in [7, 11) is 0. The van der Waals surface area contributed by atoms with Crippen LogP contribution in [0.15, 0.2) is 0 Å². The molecule has 0 aromatic heterocycles. The van der Waals surface area contributed by atoms with Gasteiger partial charge in [-0.05, 0) is 12.3 Å². The van der Waals surface area contributed by atoms with E-state index in [0.29, 0.717) is 12.3 Å². The minimum absolute atomic E-state index is 0.156. The minimum atomic E-state index is -0.194. The Balaban J connectivity index is 2.70. The number of carbonyl (C=O) groups is 1. The Morgan fingerprint density at radius 1 is 1.50 bits per heavy atom. The van der Waals surface area contributed by atoms with E-state index in [2.05, 4.69) is 19.9 Å². The van der Waals surface area contributed by atoms with Gasteiger partial charge in [0.25, 0.3) is 0 Å². The Morgan fingerprint density at radius 2 is 2.14 bits per heavy atom. The Labute approximate surface area is 85.7 Å². The summed E-state index contributed by atoms with van der Waals surface area (Å²) in [6.07, 6.45) is 3.48. The fourth-order valence-electron chi connectivity index (χ4n) is 2.13. The van der Waals surface area contributed by atoms with Crippen molar-refractivity contribution in [3.63, 3.8) is 0 Å². The van der Waals surface area contributed by atoms with Gasteiger partial charge in [0.15, 0.2) is 0 Å². The number of nitriles is 1. The molecule has 0 bridgehead atoms. The fourth-order valence-corrected chi connectivity index (χ4v) is 2.13. The van der Waals surface area contributed by atoms with E-state index in [0.717, 1.165) is 25.8 Å². The molecule has 1 rings (SSSR count). The van der Waals surface area contributed by atoms with Crippen molar-refractivity contribution < 1.29 is 4.79 Å². The summed E-state index contributed by atoms with van der Waals surface area (Å²) in [5.41, 5.74) is 0. The van der Waals surface area contributed by atoms with E-state index in [1.165, 1.54) is 0 Å². The lowest BCUT2D eigenvalue weighted by Crippen LogP contribution is -2.40. The molecule has 0 radical (unpaired) electrons. The predicted molar refractivity (Wildman–Crippen MR) is 54.4 cm³/mol. The zero-order chi connectivity index (χ0) is 10.6. The molecule has 0 aromatic rings. The topological polar surface area (TPSA) is 44.1 Å². The van der Waals surface area contributed by atoms with Crippen LogP contribution in [0, 0.1) is 17.2 Å². The van der Waals surface area contributed by atoms with E-state index in [1.54, 1.807) is 4.90 Å². The zero-order valence-corrected chi connectivity index (χ0v) is 8.99. The zero-order valence-electron chi connectivity index (χ0n) is 8.99. The Morgan fingerprint density at radius 3 is 2.50 bits per heavy atom. The van der Waals surface area contributed by atoms with Gasteiger partial charge < -0.3 is 4.90 Å². The maximum absolute atomic E-state index is 11.5. The lowest BCUT2D eigenvalue weighted by Gasteiger charge is -2.28. The number of carbonyl (C=O) groups excluding carboxylic acids is 1. The monoisotopic (exact) mass is 194 g/mol. The number of likely N-dealkylation sites (tertiary alicyclic amines) is 1. The molecule has 1 atom stereocenters. The highest BCUT2D eigenvalue weighted by Gasteiger charge is 2.31. The summed E-state index contributed by atoms with van der Waals surface area (Å²) in [5.74, 6) is 0.491. The van der Waals surface area contributed by atoms with Crippen LogP contribution in [0.3, 0.4) is 0 Å². The summed E-state index contributed by atoms with van der Waals surface area (Å²) >= 11 is 0. The lowest BCUT2D eigenvalue weighted by atomic mass is 9.94. The second-order valence-electron chi connectivity index (χ2n) is 3.84. The molecule has 3 heteroatoms. The summed E-state index contributed by atoms with van der Waals surface area (Å²) < 4.78 is 0. The minimum Gasteiger partial charge on any atom is -0.326 e. The largest absolute Gasteiger partial charge is 0.326 e. The molecule has 0 aromatic carbocycles. The normalized spacial score (nSPS) is 18.7. The van der Waals surface area contributed by atoms with Crippen LogP contribution in [0.5, 0.6) is 0 Å². The molecule has 0 aliphatic carbocycles.